The molecule has 1 unspecified atom stereocenters. The van der Waals surface area contributed by atoms with Gasteiger partial charge in [0.25, 0.3) is 10.1 Å². The summed E-state index contributed by atoms with van der Waals surface area (Å²) in [6.07, 6.45) is 3.35. The van der Waals surface area contributed by atoms with E-state index in [4.69, 9.17) is 0 Å². The number of allylic oxidation sites excluding steroid dienone is 2. The Kier molecular flexibility index (Phi) is 3.59. The van der Waals surface area contributed by atoms with Gasteiger partial charge in [-0.2, -0.15) is 8.42 Å². The molecule has 0 aromatic heterocycles. The summed E-state index contributed by atoms with van der Waals surface area (Å²) in [6.45, 7) is 0. The smallest absolute Gasteiger partial charge is 0.275 e. The Balaban J connectivity index is 1.94. The lowest BCUT2D eigenvalue weighted by molar-refractivity contribution is -0.115. The largest absolute Gasteiger partial charge is 0.309 e. The van der Waals surface area contributed by atoms with E-state index >= 15 is 0 Å². The predicted molar refractivity (Wildman–Crippen MR) is 96.0 cm³/mol. The number of carbonyl (C=O) groups excluding carboxylic acids is 1. The van der Waals surface area contributed by atoms with Gasteiger partial charge in [0.05, 0.1) is 11.4 Å². The number of para-hydroxylation sites is 2. The van der Waals surface area contributed by atoms with Crippen LogP contribution >= 0.6 is 0 Å². The zero-order chi connectivity index (χ0) is 17.6. The van der Waals surface area contributed by atoms with Crippen LogP contribution in [0.25, 0.3) is 6.08 Å². The SMILES string of the molecule is O=C1C2=Cc3ccccc3N(c3ccccc3)C2=CCC1S(=O)(=O)O. The molecule has 25 heavy (non-hydrogen) atoms. The summed E-state index contributed by atoms with van der Waals surface area (Å²) in [4.78, 5) is 14.7. The number of hydrogen-bond acceptors (Lipinski definition) is 4. The number of fused-ring (bicyclic) bond motifs is 2. The normalized spacial score (nSPS) is 19.6. The van der Waals surface area contributed by atoms with Crippen molar-refractivity contribution < 1.29 is 17.8 Å². The highest BCUT2D eigenvalue weighted by molar-refractivity contribution is 7.87. The molecule has 0 fully saturated rings. The standard InChI is InChI=1S/C19H15NO4S/c21-19-15-12-13-6-4-5-9-16(13)20(14-7-2-1-3-8-14)17(15)10-11-18(19)25(22,23)24/h1-10,12,18H,11H2,(H,22,23,24). The van der Waals surface area contributed by atoms with Crippen LogP contribution in [-0.4, -0.2) is 24.0 Å². The Morgan fingerprint density at radius 2 is 1.68 bits per heavy atom. The average Bonchev–Trinajstić information content (AvgIpc) is 2.60. The van der Waals surface area contributed by atoms with Crippen molar-refractivity contribution in [2.45, 2.75) is 11.7 Å². The lowest BCUT2D eigenvalue weighted by atomic mass is 9.89. The minimum atomic E-state index is -4.44. The Bertz CT molecular complexity index is 1020. The lowest BCUT2D eigenvalue weighted by Gasteiger charge is -2.36. The molecule has 0 bridgehead atoms. The maximum absolute atomic E-state index is 12.7. The molecular weight excluding hydrogens is 338 g/mol. The fourth-order valence-electron chi connectivity index (χ4n) is 3.30. The molecule has 1 aliphatic carbocycles. The number of hydrogen-bond donors (Lipinski definition) is 1. The Hall–Kier alpha value is -2.70. The summed E-state index contributed by atoms with van der Waals surface area (Å²) in [5.41, 5.74) is 3.57. The summed E-state index contributed by atoms with van der Waals surface area (Å²) < 4.78 is 32.4. The van der Waals surface area contributed by atoms with Gasteiger partial charge < -0.3 is 4.90 Å². The summed E-state index contributed by atoms with van der Waals surface area (Å²) >= 11 is 0. The number of anilines is 2. The van der Waals surface area contributed by atoms with Crippen molar-refractivity contribution in [3.63, 3.8) is 0 Å². The van der Waals surface area contributed by atoms with Crippen LogP contribution in [0.1, 0.15) is 12.0 Å². The molecule has 2 aliphatic rings. The van der Waals surface area contributed by atoms with Crippen molar-refractivity contribution in [1.82, 2.24) is 0 Å². The van der Waals surface area contributed by atoms with Gasteiger partial charge in [0.1, 0.15) is 0 Å². The van der Waals surface area contributed by atoms with Gasteiger partial charge in [-0.1, -0.05) is 42.5 Å². The second-order valence-corrected chi connectivity index (χ2v) is 7.58. The topological polar surface area (TPSA) is 74.7 Å². The summed E-state index contributed by atoms with van der Waals surface area (Å²) in [7, 11) is -4.44. The van der Waals surface area contributed by atoms with Crippen LogP contribution in [0.15, 0.2) is 71.9 Å². The maximum Gasteiger partial charge on any atom is 0.275 e. The van der Waals surface area contributed by atoms with Crippen molar-refractivity contribution in [3.8, 4) is 0 Å². The zero-order valence-corrected chi connectivity index (χ0v) is 14.0. The minimum absolute atomic E-state index is 0.0458. The number of carbonyl (C=O) groups is 1. The van der Waals surface area contributed by atoms with Gasteiger partial charge in [-0.05, 0) is 36.3 Å². The lowest BCUT2D eigenvalue weighted by Crippen LogP contribution is -2.38. The predicted octanol–water partition coefficient (Wildman–Crippen LogP) is 3.33. The Labute approximate surface area is 145 Å². The van der Waals surface area contributed by atoms with E-state index in [1.54, 1.807) is 12.2 Å². The van der Waals surface area contributed by atoms with Gasteiger partial charge in [0, 0.05) is 11.3 Å². The Morgan fingerprint density at radius 3 is 2.40 bits per heavy atom. The first-order valence-electron chi connectivity index (χ1n) is 7.84. The molecule has 5 nitrogen and oxygen atoms in total. The molecule has 0 amide bonds. The number of benzene rings is 2. The fraction of sp³-hybridized carbons (Fsp3) is 0.105. The van der Waals surface area contributed by atoms with Gasteiger partial charge in [0.2, 0.25) is 0 Å². The monoisotopic (exact) mass is 353 g/mol. The molecule has 2 aromatic rings. The molecule has 1 N–H and O–H groups in total. The number of ketones is 1. The number of rotatable bonds is 2. The van der Waals surface area contributed by atoms with Gasteiger partial charge in [0.15, 0.2) is 11.0 Å². The first kappa shape index (κ1) is 15.8. The Morgan fingerprint density at radius 1 is 1.00 bits per heavy atom. The molecule has 0 saturated carbocycles. The molecule has 1 heterocycles. The number of Topliss-reactive ketones (excluding diaryl/α,β-unsaturated/α-hetero) is 1. The third-order valence-corrected chi connectivity index (χ3v) is 5.58. The third-order valence-electron chi connectivity index (χ3n) is 4.45. The molecule has 4 rings (SSSR count). The van der Waals surface area contributed by atoms with Crippen LogP contribution in [0.2, 0.25) is 0 Å². The first-order chi connectivity index (χ1) is 12.0. The van der Waals surface area contributed by atoms with E-state index in [2.05, 4.69) is 0 Å². The van der Waals surface area contributed by atoms with E-state index in [0.717, 1.165) is 16.9 Å². The maximum atomic E-state index is 12.7. The van der Waals surface area contributed by atoms with Crippen molar-refractivity contribution in [2.24, 2.45) is 0 Å². The van der Waals surface area contributed by atoms with Gasteiger partial charge in [-0.3, -0.25) is 9.35 Å². The highest BCUT2D eigenvalue weighted by Gasteiger charge is 2.40. The third kappa shape index (κ3) is 2.59. The molecule has 1 aliphatic heterocycles. The minimum Gasteiger partial charge on any atom is -0.309 e. The second kappa shape index (κ2) is 5.68. The van der Waals surface area contributed by atoms with Gasteiger partial charge in [-0.25, -0.2) is 0 Å². The van der Waals surface area contributed by atoms with E-state index in [9.17, 15) is 17.8 Å². The van der Waals surface area contributed by atoms with Crippen molar-refractivity contribution in [3.05, 3.63) is 77.5 Å². The summed E-state index contributed by atoms with van der Waals surface area (Å²) in [5.74, 6) is -0.574. The van der Waals surface area contributed by atoms with E-state index in [-0.39, 0.29) is 6.42 Å². The van der Waals surface area contributed by atoms with Crippen LogP contribution in [0.5, 0.6) is 0 Å². The van der Waals surface area contributed by atoms with E-state index in [1.165, 1.54) is 0 Å². The van der Waals surface area contributed by atoms with Crippen LogP contribution < -0.4 is 4.90 Å². The highest BCUT2D eigenvalue weighted by atomic mass is 32.2. The van der Waals surface area contributed by atoms with E-state index in [0.29, 0.717) is 11.3 Å². The van der Waals surface area contributed by atoms with Crippen LogP contribution in [0, 0.1) is 0 Å². The van der Waals surface area contributed by atoms with Crippen LogP contribution in [0.4, 0.5) is 11.4 Å². The van der Waals surface area contributed by atoms with Crippen LogP contribution in [0.3, 0.4) is 0 Å². The zero-order valence-electron chi connectivity index (χ0n) is 13.2. The average molecular weight is 353 g/mol. The van der Waals surface area contributed by atoms with Crippen molar-refractivity contribution >= 4 is 33.4 Å². The van der Waals surface area contributed by atoms with Crippen LogP contribution in [-0.2, 0) is 14.9 Å². The van der Waals surface area contributed by atoms with Gasteiger partial charge >= 0.3 is 0 Å². The first-order valence-corrected chi connectivity index (χ1v) is 9.34. The highest BCUT2D eigenvalue weighted by Crippen LogP contribution is 2.43. The van der Waals surface area contributed by atoms with Gasteiger partial charge in [-0.15, -0.1) is 0 Å². The molecule has 0 radical (unpaired) electrons. The molecule has 1 atom stereocenters. The van der Waals surface area contributed by atoms with Crippen molar-refractivity contribution in [1.29, 1.82) is 0 Å². The van der Waals surface area contributed by atoms with E-state index < -0.39 is 21.2 Å². The molecule has 126 valence electrons. The second-order valence-electron chi connectivity index (χ2n) is 5.98. The molecule has 0 spiro atoms. The molecular formula is C19H15NO4S. The fourth-order valence-corrected chi connectivity index (χ4v) is 4.04. The van der Waals surface area contributed by atoms with Crippen molar-refractivity contribution in [2.75, 3.05) is 4.90 Å². The quantitative estimate of drug-likeness (QED) is 0.838. The molecule has 0 saturated heterocycles. The molecule has 6 heteroatoms. The number of nitrogens with zero attached hydrogens (tertiary/aromatic N) is 1. The summed E-state index contributed by atoms with van der Waals surface area (Å²) in [6, 6.07) is 17.2. The molecule has 2 aromatic carbocycles. The van der Waals surface area contributed by atoms with E-state index in [1.807, 2.05) is 59.5 Å². The summed E-state index contributed by atoms with van der Waals surface area (Å²) in [5, 5.41) is -1.44.